The highest BCUT2D eigenvalue weighted by Crippen LogP contribution is 2.32. The number of nitro benzene ring substituents is 1. The van der Waals surface area contributed by atoms with Crippen LogP contribution in [0.2, 0.25) is 5.02 Å². The lowest BCUT2D eigenvalue weighted by molar-refractivity contribution is -0.385. The van der Waals surface area contributed by atoms with Crippen LogP contribution in [0, 0.1) is 22.4 Å². The fourth-order valence-corrected chi connectivity index (χ4v) is 3.10. The Bertz CT molecular complexity index is 1130. The second-order valence-electron chi connectivity index (χ2n) is 6.59. The van der Waals surface area contributed by atoms with Gasteiger partial charge in [-0.3, -0.25) is 20.5 Å². The minimum atomic E-state index is -1.39. The number of nitro groups is 1. The van der Waals surface area contributed by atoms with Crippen molar-refractivity contribution >= 4 is 28.8 Å². The van der Waals surface area contributed by atoms with Gasteiger partial charge in [-0.2, -0.15) is 0 Å². The van der Waals surface area contributed by atoms with E-state index in [9.17, 15) is 20.3 Å². The molecule has 1 heterocycles. The second kappa shape index (κ2) is 8.86. The van der Waals surface area contributed by atoms with E-state index in [0.717, 1.165) is 0 Å². The van der Waals surface area contributed by atoms with Gasteiger partial charge >= 0.3 is 0 Å². The van der Waals surface area contributed by atoms with Crippen molar-refractivity contribution in [3.63, 3.8) is 0 Å². The average molecular weight is 424 g/mol. The van der Waals surface area contributed by atoms with Crippen LogP contribution in [0.1, 0.15) is 28.4 Å². The van der Waals surface area contributed by atoms with Crippen LogP contribution in [-0.4, -0.2) is 25.8 Å². The van der Waals surface area contributed by atoms with Gasteiger partial charge in [0.2, 0.25) is 0 Å². The molecule has 30 heavy (non-hydrogen) atoms. The van der Waals surface area contributed by atoms with E-state index in [2.05, 4.69) is 4.98 Å². The summed E-state index contributed by atoms with van der Waals surface area (Å²) >= 11 is 5.92. The molecule has 1 aromatic heterocycles. The zero-order valence-corrected chi connectivity index (χ0v) is 16.7. The Balaban J connectivity index is 2.19. The van der Waals surface area contributed by atoms with E-state index < -0.39 is 16.8 Å². The van der Waals surface area contributed by atoms with Gasteiger partial charge in [-0.05, 0) is 25.1 Å². The summed E-state index contributed by atoms with van der Waals surface area (Å²) in [6, 6.07) is 13.8. The third-order valence-electron chi connectivity index (χ3n) is 4.61. The van der Waals surface area contributed by atoms with E-state index >= 15 is 0 Å². The van der Waals surface area contributed by atoms with Crippen molar-refractivity contribution in [1.29, 1.82) is 5.41 Å². The molecule has 0 saturated heterocycles. The van der Waals surface area contributed by atoms with E-state index in [0.29, 0.717) is 21.7 Å². The number of aliphatic hydroxyl groups is 2. The molecule has 0 fully saturated rings. The van der Waals surface area contributed by atoms with Gasteiger partial charge < -0.3 is 10.2 Å². The summed E-state index contributed by atoms with van der Waals surface area (Å²) in [7, 11) is 0. The summed E-state index contributed by atoms with van der Waals surface area (Å²) in [4.78, 5) is 14.7. The maximum atomic E-state index is 11.3. The van der Waals surface area contributed by atoms with Crippen LogP contribution < -0.4 is 0 Å². The number of hydrogen-bond acceptors (Lipinski definition) is 6. The molecular formula is C22H18ClN3O4. The van der Waals surface area contributed by atoms with Crippen molar-refractivity contribution in [2.75, 3.05) is 0 Å². The monoisotopic (exact) mass is 423 g/mol. The Hall–Kier alpha value is -3.55. The summed E-state index contributed by atoms with van der Waals surface area (Å²) in [5.74, 6) is -0.436. The Labute approximate surface area is 177 Å². The van der Waals surface area contributed by atoms with Crippen LogP contribution >= 0.6 is 11.6 Å². The second-order valence-corrected chi connectivity index (χ2v) is 7.03. The standard InChI is InChI=1S/C22H18ClN3O4/c1-13-4-5-15(11-18(13)26(29)30)21(27)19(22(28)16-3-2-10-25-12-16)20(24)14-6-8-17(23)9-7-14/h2-12,22,24,27-28H,1H3/b21-19+,24-20?. The van der Waals surface area contributed by atoms with Gasteiger partial charge in [-0.15, -0.1) is 0 Å². The molecule has 0 aliphatic heterocycles. The summed E-state index contributed by atoms with van der Waals surface area (Å²) in [5, 5.41) is 42.4. The highest BCUT2D eigenvalue weighted by molar-refractivity contribution is 6.30. The largest absolute Gasteiger partial charge is 0.507 e. The number of rotatable bonds is 6. The first kappa shape index (κ1) is 21.2. The maximum absolute atomic E-state index is 11.3. The number of benzene rings is 2. The molecule has 0 radical (unpaired) electrons. The van der Waals surface area contributed by atoms with Crippen LogP contribution in [0.15, 0.2) is 72.6 Å². The van der Waals surface area contributed by atoms with Gasteiger partial charge in [0.25, 0.3) is 5.69 Å². The third kappa shape index (κ3) is 4.37. The van der Waals surface area contributed by atoms with Crippen LogP contribution in [0.3, 0.4) is 0 Å². The predicted molar refractivity (Wildman–Crippen MR) is 115 cm³/mol. The number of aromatic nitrogens is 1. The van der Waals surface area contributed by atoms with Gasteiger partial charge in [-0.25, -0.2) is 0 Å². The molecule has 7 nitrogen and oxygen atoms in total. The van der Waals surface area contributed by atoms with Gasteiger partial charge in [0.15, 0.2) is 0 Å². The van der Waals surface area contributed by atoms with E-state index in [1.807, 2.05) is 0 Å². The number of aryl methyl sites for hydroxylation is 1. The van der Waals surface area contributed by atoms with Gasteiger partial charge in [-0.1, -0.05) is 41.9 Å². The van der Waals surface area contributed by atoms with Crippen molar-refractivity contribution in [2.24, 2.45) is 0 Å². The predicted octanol–water partition coefficient (Wildman–Crippen LogP) is 5.02. The average Bonchev–Trinajstić information content (AvgIpc) is 2.74. The molecule has 8 heteroatoms. The van der Waals surface area contributed by atoms with Crippen molar-refractivity contribution in [3.8, 4) is 0 Å². The minimum absolute atomic E-state index is 0.108. The fraction of sp³-hybridized carbons (Fsp3) is 0.0909. The quantitative estimate of drug-likeness (QED) is 0.222. The van der Waals surface area contributed by atoms with E-state index in [-0.39, 0.29) is 22.5 Å². The molecule has 0 aliphatic rings. The van der Waals surface area contributed by atoms with Crippen molar-refractivity contribution in [1.82, 2.24) is 4.98 Å². The lowest BCUT2D eigenvalue weighted by Gasteiger charge is -2.19. The Morgan fingerprint density at radius 3 is 2.43 bits per heavy atom. The Kier molecular flexibility index (Phi) is 6.25. The Morgan fingerprint density at radius 1 is 1.17 bits per heavy atom. The highest BCUT2D eigenvalue weighted by atomic mass is 35.5. The molecule has 3 aromatic rings. The van der Waals surface area contributed by atoms with E-state index in [1.54, 1.807) is 43.3 Å². The van der Waals surface area contributed by atoms with Gasteiger partial charge in [0, 0.05) is 45.7 Å². The zero-order chi connectivity index (χ0) is 21.8. The number of nitrogens with one attached hydrogen (secondary N) is 1. The third-order valence-corrected chi connectivity index (χ3v) is 4.86. The lowest BCUT2D eigenvalue weighted by Crippen LogP contribution is -2.15. The molecule has 2 aromatic carbocycles. The van der Waals surface area contributed by atoms with Crippen molar-refractivity contribution in [2.45, 2.75) is 13.0 Å². The first-order valence-corrected chi connectivity index (χ1v) is 9.28. The number of hydrogen-bond donors (Lipinski definition) is 3. The number of halogens is 1. The Morgan fingerprint density at radius 2 is 1.83 bits per heavy atom. The molecule has 3 N–H and O–H groups in total. The van der Waals surface area contributed by atoms with Crippen molar-refractivity contribution in [3.05, 3.63) is 110 Å². The van der Waals surface area contributed by atoms with Crippen LogP contribution in [0.4, 0.5) is 5.69 Å². The topological polar surface area (TPSA) is 120 Å². The van der Waals surface area contributed by atoms with E-state index in [4.69, 9.17) is 17.0 Å². The molecule has 0 aliphatic carbocycles. The normalized spacial score (nSPS) is 12.8. The summed E-state index contributed by atoms with van der Waals surface area (Å²) in [6.07, 6.45) is 1.57. The lowest BCUT2D eigenvalue weighted by atomic mass is 9.91. The van der Waals surface area contributed by atoms with E-state index in [1.165, 1.54) is 30.6 Å². The molecule has 0 saturated carbocycles. The van der Waals surface area contributed by atoms with Crippen LogP contribution in [-0.2, 0) is 0 Å². The molecule has 0 bridgehead atoms. The molecule has 0 spiro atoms. The summed E-state index contributed by atoms with van der Waals surface area (Å²) in [6.45, 7) is 1.59. The summed E-state index contributed by atoms with van der Waals surface area (Å²) < 4.78 is 0. The maximum Gasteiger partial charge on any atom is 0.273 e. The van der Waals surface area contributed by atoms with Crippen molar-refractivity contribution < 1.29 is 15.1 Å². The highest BCUT2D eigenvalue weighted by Gasteiger charge is 2.25. The number of aliphatic hydroxyl groups excluding tert-OH is 2. The smallest absolute Gasteiger partial charge is 0.273 e. The minimum Gasteiger partial charge on any atom is -0.507 e. The molecule has 1 unspecified atom stereocenters. The summed E-state index contributed by atoms with van der Waals surface area (Å²) in [5.41, 5.74) is 0.882. The SMILES string of the molecule is Cc1ccc(/C(O)=C(/C(=N)c2ccc(Cl)cc2)C(O)c2cccnc2)cc1[N+](=O)[O-]. The molecule has 152 valence electrons. The molecule has 3 rings (SSSR count). The number of nitrogens with zero attached hydrogens (tertiary/aromatic N) is 2. The zero-order valence-electron chi connectivity index (χ0n) is 15.9. The van der Waals surface area contributed by atoms with Crippen LogP contribution in [0.5, 0.6) is 0 Å². The van der Waals surface area contributed by atoms with Gasteiger partial charge in [0.1, 0.15) is 11.9 Å². The van der Waals surface area contributed by atoms with Crippen LogP contribution in [0.25, 0.3) is 5.76 Å². The first-order valence-electron chi connectivity index (χ1n) is 8.91. The molecule has 0 amide bonds. The first-order chi connectivity index (χ1) is 14.3. The van der Waals surface area contributed by atoms with Gasteiger partial charge in [0.05, 0.1) is 16.2 Å². The molecule has 1 atom stereocenters. The number of pyridine rings is 1. The molecular weight excluding hydrogens is 406 g/mol. The fourth-order valence-electron chi connectivity index (χ4n) is 2.97.